The fraction of sp³-hybridized carbons (Fsp3) is 0.512. The number of rotatable bonds is 11. The number of phosphoric acid groups is 1. The van der Waals surface area contributed by atoms with Crippen molar-refractivity contribution in [1.82, 2.24) is 0 Å². The number of anilines is 1. The maximum Gasteiger partial charge on any atom is 0.476 e. The SMILES string of the molecule is CC(C)(C)OC(=O)CCCN1c2cc3oc(=O)c(-c4cc[n+](C5=C(O)C(F)(F)C(F)(F)C5=O)cc4)cc3cc2C(COP(=O)(OC(C)(C)C)OC(C)(C)C)=CC1(C)C. The number of alkyl halides is 4. The molecule has 1 N–H and O–H groups in total. The van der Waals surface area contributed by atoms with Crippen molar-refractivity contribution >= 4 is 47.5 Å². The number of aliphatic hydroxyl groups excluding tert-OH is 1. The molecular weight excluding hydrogens is 787 g/mol. The first-order valence-electron chi connectivity index (χ1n) is 18.6. The molecule has 0 spiro atoms. The maximum absolute atomic E-state index is 14.1. The topological polar surface area (TPSA) is 146 Å². The smallest absolute Gasteiger partial charge is 0.476 e. The average Bonchev–Trinajstić information content (AvgIpc) is 3.16. The van der Waals surface area contributed by atoms with Gasteiger partial charge in [-0.15, -0.1) is 0 Å². The van der Waals surface area contributed by atoms with Gasteiger partial charge >= 0.3 is 42.7 Å². The molecule has 0 bridgehead atoms. The highest BCUT2D eigenvalue weighted by Gasteiger charge is 2.74. The fourth-order valence-corrected chi connectivity index (χ4v) is 8.40. The molecule has 0 amide bonds. The molecule has 5 rings (SSSR count). The minimum absolute atomic E-state index is 0.000000846. The Balaban J connectivity index is 1.57. The maximum atomic E-state index is 14.1. The van der Waals surface area contributed by atoms with E-state index < -0.39 is 64.9 Å². The summed E-state index contributed by atoms with van der Waals surface area (Å²) in [7, 11) is -4.17. The van der Waals surface area contributed by atoms with Crippen LogP contribution in [0.25, 0.3) is 33.4 Å². The number of hydrogen-bond acceptors (Lipinski definition) is 11. The average molecular weight is 838 g/mol. The predicted octanol–water partition coefficient (Wildman–Crippen LogP) is 9.19. The van der Waals surface area contributed by atoms with E-state index in [4.69, 9.17) is 22.7 Å². The second-order valence-electron chi connectivity index (χ2n) is 17.8. The van der Waals surface area contributed by atoms with E-state index in [1.54, 1.807) is 74.4 Å². The predicted molar refractivity (Wildman–Crippen MR) is 209 cm³/mol. The molecule has 3 heterocycles. The van der Waals surface area contributed by atoms with Crippen molar-refractivity contribution in [2.24, 2.45) is 0 Å². The Kier molecular flexibility index (Phi) is 11.6. The molecule has 0 saturated heterocycles. The second kappa shape index (κ2) is 15.0. The number of phosphoric ester groups is 1. The summed E-state index contributed by atoms with van der Waals surface area (Å²) in [5.41, 5.74) is -3.09. The third kappa shape index (κ3) is 9.40. The summed E-state index contributed by atoms with van der Waals surface area (Å²) in [5, 5.41) is 10.3. The number of hydrogen-bond donors (Lipinski definition) is 1. The third-order valence-electron chi connectivity index (χ3n) is 8.86. The Hall–Kier alpha value is -4.37. The number of carbonyl (C=O) groups excluding carboxylic acids is 2. The van der Waals surface area contributed by atoms with Gasteiger partial charge in [0.1, 0.15) is 11.2 Å². The molecular formula is C41H50F4N2O10P+. The molecule has 1 aliphatic carbocycles. The van der Waals surface area contributed by atoms with Gasteiger partial charge in [-0.05, 0) is 100 Å². The highest BCUT2D eigenvalue weighted by atomic mass is 31.2. The number of nitrogens with zero attached hydrogens (tertiary/aromatic N) is 2. The van der Waals surface area contributed by atoms with Gasteiger partial charge in [-0.25, -0.2) is 9.36 Å². The first kappa shape index (κ1) is 44.7. The van der Waals surface area contributed by atoms with Gasteiger partial charge in [0.05, 0.1) is 28.9 Å². The summed E-state index contributed by atoms with van der Waals surface area (Å²) < 4.78 is 99.9. The van der Waals surface area contributed by atoms with Gasteiger partial charge in [-0.3, -0.25) is 23.2 Å². The number of ether oxygens (including phenoxy) is 1. The van der Waals surface area contributed by atoms with Crippen LogP contribution >= 0.6 is 7.82 Å². The Labute approximate surface area is 334 Å². The normalized spacial score (nSPS) is 18.1. The van der Waals surface area contributed by atoms with Crippen LogP contribution in [0.4, 0.5) is 23.2 Å². The van der Waals surface area contributed by atoms with Crippen molar-refractivity contribution in [2.75, 3.05) is 18.1 Å². The summed E-state index contributed by atoms with van der Waals surface area (Å²) in [5.74, 6) is -14.9. The van der Waals surface area contributed by atoms with Gasteiger partial charge in [0.15, 0.2) is 12.4 Å². The van der Waals surface area contributed by atoms with Crippen LogP contribution in [0.3, 0.4) is 0 Å². The minimum Gasteiger partial charge on any atom is -0.501 e. The zero-order valence-electron chi connectivity index (χ0n) is 34.4. The molecule has 58 heavy (non-hydrogen) atoms. The lowest BCUT2D eigenvalue weighted by atomic mass is 9.87. The van der Waals surface area contributed by atoms with E-state index in [1.807, 2.05) is 24.8 Å². The van der Waals surface area contributed by atoms with Gasteiger partial charge in [0.2, 0.25) is 5.76 Å². The van der Waals surface area contributed by atoms with E-state index >= 15 is 0 Å². The molecule has 0 atom stereocenters. The van der Waals surface area contributed by atoms with Crippen LogP contribution in [0.15, 0.2) is 63.8 Å². The Morgan fingerprint density at radius 2 is 1.45 bits per heavy atom. The number of allylic oxidation sites excluding steroid dienone is 2. The van der Waals surface area contributed by atoms with E-state index in [0.29, 0.717) is 39.7 Å². The van der Waals surface area contributed by atoms with Crippen molar-refractivity contribution in [3.8, 4) is 11.1 Å². The van der Waals surface area contributed by atoms with Crippen LogP contribution in [0.5, 0.6) is 0 Å². The van der Waals surface area contributed by atoms with Crippen molar-refractivity contribution in [1.29, 1.82) is 0 Å². The highest BCUT2D eigenvalue weighted by molar-refractivity contribution is 7.48. The number of aliphatic hydroxyl groups is 1. The number of fused-ring (bicyclic) bond motifs is 2. The van der Waals surface area contributed by atoms with Crippen LogP contribution in [-0.4, -0.2) is 64.2 Å². The Bertz CT molecular complexity index is 2280. The van der Waals surface area contributed by atoms with Crippen LogP contribution in [0.1, 0.15) is 94.6 Å². The molecule has 0 unspecified atom stereocenters. The number of pyridine rings is 1. The van der Waals surface area contributed by atoms with E-state index in [1.165, 1.54) is 18.2 Å². The lowest BCUT2D eigenvalue weighted by Crippen LogP contribution is -2.46. The first-order chi connectivity index (χ1) is 26.3. The van der Waals surface area contributed by atoms with Gasteiger partial charge in [-0.1, -0.05) is 6.08 Å². The molecule has 0 fully saturated rings. The van der Waals surface area contributed by atoms with E-state index in [0.717, 1.165) is 12.4 Å². The summed E-state index contributed by atoms with van der Waals surface area (Å²) in [4.78, 5) is 40.3. The molecule has 3 aromatic rings. The molecule has 2 aliphatic rings. The number of esters is 1. The van der Waals surface area contributed by atoms with E-state index in [2.05, 4.69) is 0 Å². The number of Topliss-reactive ketones (excluding diaryl/α,β-unsaturated/α-hetero) is 1. The van der Waals surface area contributed by atoms with Gasteiger partial charge in [0.25, 0.3) is 0 Å². The quantitative estimate of drug-likeness (QED) is 0.0649. The first-order valence-corrected chi connectivity index (χ1v) is 20.1. The monoisotopic (exact) mass is 837 g/mol. The summed E-state index contributed by atoms with van der Waals surface area (Å²) >= 11 is 0. The molecule has 1 aliphatic heterocycles. The van der Waals surface area contributed by atoms with Gasteiger partial charge in [0, 0.05) is 53.4 Å². The van der Waals surface area contributed by atoms with Crippen molar-refractivity contribution in [3.05, 3.63) is 70.5 Å². The molecule has 316 valence electrons. The molecule has 17 heteroatoms. The Morgan fingerprint density at radius 1 is 0.879 bits per heavy atom. The summed E-state index contributed by atoms with van der Waals surface area (Å²) in [6.07, 6.45) is 4.45. The summed E-state index contributed by atoms with van der Waals surface area (Å²) in [6, 6.07) is 7.37. The van der Waals surface area contributed by atoms with Crippen molar-refractivity contribution in [3.63, 3.8) is 0 Å². The fourth-order valence-electron chi connectivity index (χ4n) is 6.61. The van der Waals surface area contributed by atoms with Crippen LogP contribution in [-0.2, 0) is 32.5 Å². The lowest BCUT2D eigenvalue weighted by Gasteiger charge is -2.44. The Morgan fingerprint density at radius 3 is 1.97 bits per heavy atom. The van der Waals surface area contributed by atoms with Crippen LogP contribution < -0.4 is 15.1 Å². The molecule has 0 saturated carbocycles. The van der Waals surface area contributed by atoms with E-state index in [-0.39, 0.29) is 35.7 Å². The second-order valence-corrected chi connectivity index (χ2v) is 19.3. The van der Waals surface area contributed by atoms with Gasteiger partial charge in [-0.2, -0.15) is 22.1 Å². The molecule has 1 aromatic carbocycles. The zero-order valence-corrected chi connectivity index (χ0v) is 35.3. The number of benzene rings is 1. The largest absolute Gasteiger partial charge is 0.501 e. The highest BCUT2D eigenvalue weighted by Crippen LogP contribution is 2.56. The zero-order chi connectivity index (χ0) is 43.6. The molecule has 12 nitrogen and oxygen atoms in total. The van der Waals surface area contributed by atoms with Gasteiger partial charge < -0.3 is 19.2 Å². The van der Waals surface area contributed by atoms with Crippen molar-refractivity contribution < 1.29 is 64.1 Å². The van der Waals surface area contributed by atoms with E-state index in [9.17, 15) is 41.6 Å². The van der Waals surface area contributed by atoms with Crippen LogP contribution in [0, 0.1) is 0 Å². The minimum atomic E-state index is -5.14. The molecule has 0 radical (unpaired) electrons. The summed E-state index contributed by atoms with van der Waals surface area (Å²) in [6.45, 7) is 19.7. The number of ketones is 1. The standard InChI is InChI=1S/C41H49F4N2O10P/c1-36(2,3)55-31(48)13-12-16-47-29-21-30-25(19-27(29)26(22-39(47,10)11)23-53-58(52,56-37(4,5)6)57-38(7,8)9)20-28(35(51)54-30)24-14-17-46(18-15-24)32-33(49)40(42,43)41(44,45)34(32)50/h14-15,17-22H,12-13,16,23H2,1-11H3/p+1. The third-order valence-corrected chi connectivity index (χ3v) is 10.8. The van der Waals surface area contributed by atoms with Crippen LogP contribution in [0.2, 0.25) is 0 Å². The number of carbonyl (C=O) groups is 2. The number of aromatic nitrogens is 1. The lowest BCUT2D eigenvalue weighted by molar-refractivity contribution is -0.578. The number of halogens is 4. The molecule has 2 aromatic heterocycles. The van der Waals surface area contributed by atoms with Crippen molar-refractivity contribution in [2.45, 2.75) is 123 Å².